The summed E-state index contributed by atoms with van der Waals surface area (Å²) in [6.07, 6.45) is 6.11. The Morgan fingerprint density at radius 3 is 2.62 bits per heavy atom. The van der Waals surface area contributed by atoms with Gasteiger partial charge in [-0.1, -0.05) is 38.0 Å². The van der Waals surface area contributed by atoms with Gasteiger partial charge in [-0.15, -0.1) is 0 Å². The van der Waals surface area contributed by atoms with Crippen molar-refractivity contribution in [2.45, 2.75) is 62.8 Å². The van der Waals surface area contributed by atoms with Crippen LogP contribution < -0.4 is 0 Å². The number of hydrogen-bond acceptors (Lipinski definition) is 3. The van der Waals surface area contributed by atoms with E-state index in [1.165, 1.54) is 0 Å². The predicted octanol–water partition coefficient (Wildman–Crippen LogP) is 3.38. The van der Waals surface area contributed by atoms with Crippen LogP contribution in [0.1, 0.15) is 51.9 Å². The summed E-state index contributed by atoms with van der Waals surface area (Å²) in [5, 5.41) is 0. The van der Waals surface area contributed by atoms with Crippen molar-refractivity contribution in [2.75, 3.05) is 6.54 Å². The third-order valence-corrected chi connectivity index (χ3v) is 8.17. The molecule has 0 radical (unpaired) electrons. The molecule has 1 saturated heterocycles. The zero-order chi connectivity index (χ0) is 17.0. The highest BCUT2D eigenvalue weighted by atomic mass is 32.2. The number of hydrogen-bond donors (Lipinski definition) is 0. The van der Waals surface area contributed by atoms with E-state index < -0.39 is 10.0 Å². The second-order valence-electron chi connectivity index (χ2n) is 8.37. The van der Waals surface area contributed by atoms with Gasteiger partial charge in [0.1, 0.15) is 5.78 Å². The van der Waals surface area contributed by atoms with E-state index in [-0.39, 0.29) is 16.9 Å². The molecule has 24 heavy (non-hydrogen) atoms. The average Bonchev–Trinajstić information content (AvgIpc) is 2.53. The van der Waals surface area contributed by atoms with E-state index in [0.717, 1.165) is 32.1 Å². The van der Waals surface area contributed by atoms with Crippen LogP contribution in [0.15, 0.2) is 35.2 Å². The lowest BCUT2D eigenvalue weighted by Gasteiger charge is -2.60. The highest BCUT2D eigenvalue weighted by Gasteiger charge is 2.59. The molecule has 1 aliphatic heterocycles. The molecule has 4 nitrogen and oxygen atoms in total. The van der Waals surface area contributed by atoms with Gasteiger partial charge in [-0.05, 0) is 42.2 Å². The summed E-state index contributed by atoms with van der Waals surface area (Å²) in [5.74, 6) is 0.326. The molecule has 1 aromatic carbocycles. The molecule has 2 saturated carbocycles. The number of carbonyl (C=O) groups excluding carboxylic acids is 1. The van der Waals surface area contributed by atoms with Crippen molar-refractivity contribution in [1.82, 2.24) is 4.31 Å². The third-order valence-electron chi connectivity index (χ3n) is 6.30. The SMILES string of the molecule is C[C@@]12CC(=O)CC3(CCCCC3N(S(=O)(=O)c3ccccc3)C1)C2. The van der Waals surface area contributed by atoms with Crippen molar-refractivity contribution in [1.29, 1.82) is 0 Å². The Morgan fingerprint density at radius 1 is 1.12 bits per heavy atom. The smallest absolute Gasteiger partial charge is 0.243 e. The summed E-state index contributed by atoms with van der Waals surface area (Å²) >= 11 is 0. The number of fused-ring (bicyclic) bond motifs is 1. The van der Waals surface area contributed by atoms with Gasteiger partial charge >= 0.3 is 0 Å². The molecule has 2 bridgehead atoms. The summed E-state index contributed by atoms with van der Waals surface area (Å²) in [5.41, 5.74) is -0.354. The molecule has 0 N–H and O–H groups in total. The van der Waals surface area contributed by atoms with E-state index >= 15 is 0 Å². The van der Waals surface area contributed by atoms with Crippen LogP contribution >= 0.6 is 0 Å². The normalized spacial score (nSPS) is 37.0. The first-order chi connectivity index (χ1) is 11.3. The molecule has 3 fully saturated rings. The first-order valence-electron chi connectivity index (χ1n) is 8.93. The van der Waals surface area contributed by atoms with Crippen LogP contribution in [0.25, 0.3) is 0 Å². The molecule has 1 aromatic rings. The number of benzene rings is 1. The van der Waals surface area contributed by atoms with Crippen molar-refractivity contribution in [3.63, 3.8) is 0 Å². The molecule has 4 rings (SSSR count). The van der Waals surface area contributed by atoms with Gasteiger partial charge in [-0.2, -0.15) is 4.31 Å². The fourth-order valence-electron chi connectivity index (χ4n) is 5.63. The highest BCUT2D eigenvalue weighted by molar-refractivity contribution is 7.89. The van der Waals surface area contributed by atoms with Gasteiger partial charge < -0.3 is 0 Å². The zero-order valence-corrected chi connectivity index (χ0v) is 15.0. The maximum Gasteiger partial charge on any atom is 0.243 e. The van der Waals surface area contributed by atoms with Gasteiger partial charge in [0.05, 0.1) is 4.90 Å². The van der Waals surface area contributed by atoms with Crippen molar-refractivity contribution in [2.24, 2.45) is 10.8 Å². The number of sulfonamides is 1. The van der Waals surface area contributed by atoms with Gasteiger partial charge in [0.2, 0.25) is 10.0 Å². The number of rotatable bonds is 2. The maximum atomic E-state index is 13.3. The zero-order valence-electron chi connectivity index (χ0n) is 14.2. The summed E-state index contributed by atoms with van der Waals surface area (Å²) in [6.45, 7) is 2.58. The Kier molecular flexibility index (Phi) is 3.66. The Balaban J connectivity index is 1.80. The van der Waals surface area contributed by atoms with Crippen LogP contribution in [0, 0.1) is 10.8 Å². The first-order valence-corrected chi connectivity index (χ1v) is 10.4. The summed E-state index contributed by atoms with van der Waals surface area (Å²) < 4.78 is 28.4. The second-order valence-corrected chi connectivity index (χ2v) is 10.3. The molecule has 0 aromatic heterocycles. The second kappa shape index (κ2) is 5.40. The molecule has 3 atom stereocenters. The van der Waals surface area contributed by atoms with E-state index in [1.807, 2.05) is 6.07 Å². The standard InChI is InChI=1S/C19H25NO3S/c1-18-11-15(21)12-19(13-18)10-6-5-9-17(19)20(14-18)24(22,23)16-7-3-2-4-8-16/h2-4,7-8,17H,5-6,9-14H2,1H3/t17?,18-,19?/m0/s1. The van der Waals surface area contributed by atoms with Crippen molar-refractivity contribution < 1.29 is 13.2 Å². The fraction of sp³-hybridized carbons (Fsp3) is 0.632. The molecule has 5 heteroatoms. The summed E-state index contributed by atoms with van der Waals surface area (Å²) in [4.78, 5) is 12.8. The number of ketones is 1. The van der Waals surface area contributed by atoms with E-state index in [1.54, 1.807) is 28.6 Å². The third kappa shape index (κ3) is 2.44. The number of piperidine rings is 1. The Labute approximate surface area is 144 Å². The summed E-state index contributed by atoms with van der Waals surface area (Å²) in [6, 6.07) is 8.74. The highest BCUT2D eigenvalue weighted by Crippen LogP contribution is 2.58. The van der Waals surface area contributed by atoms with E-state index in [9.17, 15) is 13.2 Å². The number of Topliss-reactive ketones (excluding diaryl/α,β-unsaturated/α-hetero) is 1. The molecule has 130 valence electrons. The van der Waals surface area contributed by atoms with Gasteiger partial charge in [0.15, 0.2) is 0 Å². The average molecular weight is 347 g/mol. The van der Waals surface area contributed by atoms with E-state index in [4.69, 9.17) is 0 Å². The fourth-order valence-corrected chi connectivity index (χ4v) is 7.55. The minimum absolute atomic E-state index is 0.0196. The van der Waals surface area contributed by atoms with Crippen LogP contribution in [-0.2, 0) is 14.8 Å². The molecular weight excluding hydrogens is 322 g/mol. The molecule has 0 amide bonds. The lowest BCUT2D eigenvalue weighted by molar-refractivity contribution is -0.141. The molecule has 1 spiro atoms. The minimum Gasteiger partial charge on any atom is -0.300 e. The van der Waals surface area contributed by atoms with Crippen LogP contribution in [0.3, 0.4) is 0 Å². The van der Waals surface area contributed by atoms with Crippen LogP contribution in [0.2, 0.25) is 0 Å². The van der Waals surface area contributed by atoms with Gasteiger partial charge in [-0.25, -0.2) is 8.42 Å². The van der Waals surface area contributed by atoms with Crippen LogP contribution in [0.5, 0.6) is 0 Å². The Bertz CT molecular complexity index is 760. The molecule has 1 heterocycles. The summed E-state index contributed by atoms with van der Waals surface area (Å²) in [7, 11) is -3.51. The Morgan fingerprint density at radius 2 is 1.88 bits per heavy atom. The number of carbonyl (C=O) groups is 1. The molecule has 2 unspecified atom stereocenters. The lowest BCUT2D eigenvalue weighted by Crippen LogP contribution is -2.64. The van der Waals surface area contributed by atoms with Crippen molar-refractivity contribution >= 4 is 15.8 Å². The largest absolute Gasteiger partial charge is 0.300 e. The quantitative estimate of drug-likeness (QED) is 0.824. The number of nitrogens with zero attached hydrogens (tertiary/aromatic N) is 1. The first kappa shape index (κ1) is 16.3. The van der Waals surface area contributed by atoms with Crippen LogP contribution in [-0.4, -0.2) is 31.1 Å². The minimum atomic E-state index is -3.51. The van der Waals surface area contributed by atoms with E-state index in [2.05, 4.69) is 6.92 Å². The molecular formula is C19H25NO3S. The topological polar surface area (TPSA) is 54.5 Å². The van der Waals surface area contributed by atoms with Crippen molar-refractivity contribution in [3.8, 4) is 0 Å². The van der Waals surface area contributed by atoms with E-state index in [0.29, 0.717) is 30.1 Å². The Hall–Kier alpha value is -1.20. The lowest BCUT2D eigenvalue weighted by atomic mass is 9.53. The van der Waals surface area contributed by atoms with Gasteiger partial charge in [0.25, 0.3) is 0 Å². The monoisotopic (exact) mass is 347 g/mol. The predicted molar refractivity (Wildman–Crippen MR) is 92.0 cm³/mol. The molecule has 2 aliphatic carbocycles. The van der Waals surface area contributed by atoms with Crippen LogP contribution in [0.4, 0.5) is 0 Å². The van der Waals surface area contributed by atoms with Crippen molar-refractivity contribution in [3.05, 3.63) is 30.3 Å². The van der Waals surface area contributed by atoms with Gasteiger partial charge in [-0.3, -0.25) is 4.79 Å². The molecule has 3 aliphatic rings. The maximum absolute atomic E-state index is 13.3. The van der Waals surface area contributed by atoms with Gasteiger partial charge in [0, 0.05) is 25.4 Å².